The standard InChI is InChI=1S/C16H16N2O2S/c1-21(19,20)15-8-3-2-7-14(15)18-11-13-6-4-5-12-9-10-17-16(12)13/h2-10,17-18H,11H2,1H3. The van der Waals surface area contributed by atoms with Gasteiger partial charge in [0.15, 0.2) is 9.84 Å². The quantitative estimate of drug-likeness (QED) is 0.778. The predicted octanol–water partition coefficient (Wildman–Crippen LogP) is 3.18. The molecule has 0 atom stereocenters. The number of hydrogen-bond acceptors (Lipinski definition) is 3. The summed E-state index contributed by atoms with van der Waals surface area (Å²) in [5.74, 6) is 0. The number of nitrogens with one attached hydrogen (secondary N) is 2. The zero-order valence-corrected chi connectivity index (χ0v) is 12.4. The van der Waals surface area contributed by atoms with Crippen molar-refractivity contribution in [1.29, 1.82) is 0 Å². The number of H-pyrrole nitrogens is 1. The van der Waals surface area contributed by atoms with E-state index in [-0.39, 0.29) is 0 Å². The maximum absolute atomic E-state index is 11.8. The molecule has 5 heteroatoms. The summed E-state index contributed by atoms with van der Waals surface area (Å²) in [6, 6.07) is 15.0. The summed E-state index contributed by atoms with van der Waals surface area (Å²) in [5, 5.41) is 4.36. The number of para-hydroxylation sites is 2. The van der Waals surface area contributed by atoms with E-state index in [1.807, 2.05) is 36.5 Å². The number of aromatic amines is 1. The van der Waals surface area contributed by atoms with Crippen molar-refractivity contribution >= 4 is 26.4 Å². The number of sulfone groups is 1. The molecule has 1 heterocycles. The van der Waals surface area contributed by atoms with Gasteiger partial charge in [0.25, 0.3) is 0 Å². The summed E-state index contributed by atoms with van der Waals surface area (Å²) in [6.45, 7) is 0.560. The number of benzene rings is 2. The number of aromatic nitrogens is 1. The van der Waals surface area contributed by atoms with E-state index < -0.39 is 9.84 Å². The monoisotopic (exact) mass is 300 g/mol. The number of fused-ring (bicyclic) bond motifs is 1. The van der Waals surface area contributed by atoms with Crippen molar-refractivity contribution in [3.05, 3.63) is 60.3 Å². The average molecular weight is 300 g/mol. The van der Waals surface area contributed by atoms with Gasteiger partial charge in [0.2, 0.25) is 0 Å². The molecule has 0 aliphatic rings. The lowest BCUT2D eigenvalue weighted by atomic mass is 10.1. The topological polar surface area (TPSA) is 62.0 Å². The normalized spacial score (nSPS) is 11.7. The fourth-order valence-electron chi connectivity index (χ4n) is 2.42. The van der Waals surface area contributed by atoms with Gasteiger partial charge in [-0.15, -0.1) is 0 Å². The highest BCUT2D eigenvalue weighted by Gasteiger charge is 2.12. The second-order valence-corrected chi connectivity index (χ2v) is 6.97. The average Bonchev–Trinajstić information content (AvgIpc) is 2.93. The van der Waals surface area contributed by atoms with Crippen molar-refractivity contribution in [2.24, 2.45) is 0 Å². The van der Waals surface area contributed by atoms with Crippen LogP contribution in [0.25, 0.3) is 10.9 Å². The Bertz CT molecular complexity index is 882. The van der Waals surface area contributed by atoms with Crippen LogP contribution in [-0.2, 0) is 16.4 Å². The van der Waals surface area contributed by atoms with E-state index in [2.05, 4.69) is 10.3 Å². The van der Waals surface area contributed by atoms with Crippen LogP contribution < -0.4 is 5.32 Å². The maximum atomic E-state index is 11.8. The van der Waals surface area contributed by atoms with E-state index in [1.165, 1.54) is 6.26 Å². The molecule has 0 radical (unpaired) electrons. The molecule has 0 saturated heterocycles. The number of rotatable bonds is 4. The highest BCUT2D eigenvalue weighted by atomic mass is 32.2. The van der Waals surface area contributed by atoms with E-state index in [1.54, 1.807) is 18.2 Å². The van der Waals surface area contributed by atoms with Crippen LogP contribution in [0.3, 0.4) is 0 Å². The molecule has 4 nitrogen and oxygen atoms in total. The third-order valence-electron chi connectivity index (χ3n) is 3.43. The molecule has 3 aromatic rings. The van der Waals surface area contributed by atoms with Crippen LogP contribution in [0.5, 0.6) is 0 Å². The number of hydrogen-bond donors (Lipinski definition) is 2. The summed E-state index contributed by atoms with van der Waals surface area (Å²) >= 11 is 0. The highest BCUT2D eigenvalue weighted by Crippen LogP contribution is 2.23. The Morgan fingerprint density at radius 3 is 2.67 bits per heavy atom. The van der Waals surface area contributed by atoms with E-state index in [0.717, 1.165) is 16.5 Å². The van der Waals surface area contributed by atoms with Crippen LogP contribution in [0.15, 0.2) is 59.6 Å². The fourth-order valence-corrected chi connectivity index (χ4v) is 3.29. The van der Waals surface area contributed by atoms with Gasteiger partial charge in [0.05, 0.1) is 16.1 Å². The second kappa shape index (κ2) is 5.26. The molecule has 0 aliphatic carbocycles. The van der Waals surface area contributed by atoms with Gasteiger partial charge in [0.1, 0.15) is 0 Å². The van der Waals surface area contributed by atoms with Gasteiger partial charge in [-0.25, -0.2) is 8.42 Å². The maximum Gasteiger partial charge on any atom is 0.177 e. The van der Waals surface area contributed by atoms with Gasteiger partial charge in [-0.3, -0.25) is 0 Å². The smallest absolute Gasteiger partial charge is 0.177 e. The molecular weight excluding hydrogens is 284 g/mol. The molecule has 0 unspecified atom stereocenters. The number of anilines is 1. The zero-order chi connectivity index (χ0) is 14.9. The summed E-state index contributed by atoms with van der Waals surface area (Å²) in [4.78, 5) is 3.53. The molecule has 108 valence electrons. The minimum absolute atomic E-state index is 0.323. The fraction of sp³-hybridized carbons (Fsp3) is 0.125. The Morgan fingerprint density at radius 2 is 1.86 bits per heavy atom. The van der Waals surface area contributed by atoms with Crippen LogP contribution in [0.1, 0.15) is 5.56 Å². The lowest BCUT2D eigenvalue weighted by Gasteiger charge is -2.11. The first-order chi connectivity index (χ1) is 10.1. The van der Waals surface area contributed by atoms with Gasteiger partial charge < -0.3 is 10.3 Å². The van der Waals surface area contributed by atoms with Crippen molar-refractivity contribution in [1.82, 2.24) is 4.98 Å². The minimum atomic E-state index is -3.24. The van der Waals surface area contributed by atoms with E-state index in [0.29, 0.717) is 17.1 Å². The summed E-state index contributed by atoms with van der Waals surface area (Å²) in [6.07, 6.45) is 3.12. The first-order valence-electron chi connectivity index (χ1n) is 6.63. The van der Waals surface area contributed by atoms with Crippen molar-refractivity contribution in [2.75, 3.05) is 11.6 Å². The van der Waals surface area contributed by atoms with Crippen molar-refractivity contribution < 1.29 is 8.42 Å². The molecule has 0 amide bonds. The Labute approximate surface area is 123 Å². The summed E-state index contributed by atoms with van der Waals surface area (Å²) < 4.78 is 23.6. The SMILES string of the molecule is CS(=O)(=O)c1ccccc1NCc1cccc2cc[nH]c12. The molecule has 2 aromatic carbocycles. The van der Waals surface area contributed by atoms with Crippen LogP contribution in [0.4, 0.5) is 5.69 Å². The third-order valence-corrected chi connectivity index (χ3v) is 4.58. The van der Waals surface area contributed by atoms with Crippen LogP contribution in [0.2, 0.25) is 0 Å². The molecular formula is C16H16N2O2S. The third kappa shape index (κ3) is 2.78. The second-order valence-electron chi connectivity index (χ2n) is 4.98. The van der Waals surface area contributed by atoms with Gasteiger partial charge in [0, 0.05) is 19.0 Å². The van der Waals surface area contributed by atoms with Crippen molar-refractivity contribution in [3.63, 3.8) is 0 Å². The zero-order valence-electron chi connectivity index (χ0n) is 11.6. The first-order valence-corrected chi connectivity index (χ1v) is 8.53. The molecule has 0 spiro atoms. The molecule has 0 fully saturated rings. The molecule has 0 bridgehead atoms. The van der Waals surface area contributed by atoms with Gasteiger partial charge in [-0.2, -0.15) is 0 Å². The lowest BCUT2D eigenvalue weighted by Crippen LogP contribution is -2.06. The van der Waals surface area contributed by atoms with Gasteiger partial charge in [-0.1, -0.05) is 30.3 Å². The van der Waals surface area contributed by atoms with Crippen LogP contribution in [-0.4, -0.2) is 19.7 Å². The molecule has 2 N–H and O–H groups in total. The molecule has 0 aliphatic heterocycles. The summed E-state index contributed by atoms with van der Waals surface area (Å²) in [7, 11) is -3.24. The molecule has 1 aromatic heterocycles. The summed E-state index contributed by atoms with van der Waals surface area (Å²) in [5.41, 5.74) is 2.80. The largest absolute Gasteiger partial charge is 0.380 e. The van der Waals surface area contributed by atoms with Crippen molar-refractivity contribution in [2.45, 2.75) is 11.4 Å². The minimum Gasteiger partial charge on any atom is -0.380 e. The Morgan fingerprint density at radius 1 is 1.05 bits per heavy atom. The predicted molar refractivity (Wildman–Crippen MR) is 85.2 cm³/mol. The van der Waals surface area contributed by atoms with Crippen LogP contribution in [0, 0.1) is 0 Å². The Balaban J connectivity index is 1.91. The molecule has 3 rings (SSSR count). The Hall–Kier alpha value is -2.27. The van der Waals surface area contributed by atoms with Gasteiger partial charge >= 0.3 is 0 Å². The molecule has 0 saturated carbocycles. The Kier molecular flexibility index (Phi) is 3.43. The van der Waals surface area contributed by atoms with E-state index >= 15 is 0 Å². The first kappa shape index (κ1) is 13.7. The van der Waals surface area contributed by atoms with Crippen molar-refractivity contribution in [3.8, 4) is 0 Å². The highest BCUT2D eigenvalue weighted by molar-refractivity contribution is 7.90. The molecule has 21 heavy (non-hydrogen) atoms. The van der Waals surface area contributed by atoms with E-state index in [9.17, 15) is 8.42 Å². The lowest BCUT2D eigenvalue weighted by molar-refractivity contribution is 0.602. The van der Waals surface area contributed by atoms with E-state index in [4.69, 9.17) is 0 Å². The van der Waals surface area contributed by atoms with Crippen LogP contribution >= 0.6 is 0 Å². The van der Waals surface area contributed by atoms with Gasteiger partial charge in [-0.05, 0) is 29.1 Å².